The Balaban J connectivity index is 1.07. The van der Waals surface area contributed by atoms with Crippen molar-refractivity contribution in [1.82, 2.24) is 0 Å². The molecule has 1 heterocycles. The van der Waals surface area contributed by atoms with Crippen molar-refractivity contribution in [2.75, 3.05) is 4.90 Å². The van der Waals surface area contributed by atoms with Crippen molar-refractivity contribution in [2.45, 2.75) is 5.41 Å². The number of rotatable bonds is 5. The quantitative estimate of drug-likeness (QED) is 0.173. The van der Waals surface area contributed by atoms with E-state index in [0.29, 0.717) is 0 Å². The highest BCUT2D eigenvalue weighted by Crippen LogP contribution is 2.63. The minimum absolute atomic E-state index is 0.451. The van der Waals surface area contributed by atoms with Gasteiger partial charge in [-0.25, -0.2) is 0 Å². The zero-order chi connectivity index (χ0) is 40.1. The first-order valence-corrected chi connectivity index (χ1v) is 21.1. The van der Waals surface area contributed by atoms with Gasteiger partial charge in [0.05, 0.1) is 16.5 Å². The molecular weight excluding hydrogens is 739 g/mol. The summed E-state index contributed by atoms with van der Waals surface area (Å²) in [5.74, 6) is 0. The molecule has 1 aromatic heterocycles. The van der Waals surface area contributed by atoms with Crippen LogP contribution in [-0.2, 0) is 5.41 Å². The van der Waals surface area contributed by atoms with Gasteiger partial charge in [-0.15, -0.1) is 0 Å². The predicted octanol–water partition coefficient (Wildman–Crippen LogP) is 15.9. The summed E-state index contributed by atoms with van der Waals surface area (Å²) in [6.45, 7) is 0. The van der Waals surface area contributed by atoms with Crippen molar-refractivity contribution in [3.63, 3.8) is 0 Å². The SMILES string of the molecule is c1ccc(-c2ccc(-c3cc4ccccc4c4c3oc3cccc(N(c5ccccc5)c5ccc6c(c5)C5(c7ccccc7-c7ccccc75)c5ccccc5-6)c34)cc2)cc1. The van der Waals surface area contributed by atoms with Crippen LogP contribution in [0.5, 0.6) is 0 Å². The molecule has 0 atom stereocenters. The third-order valence-electron chi connectivity index (χ3n) is 13.3. The third kappa shape index (κ3) is 4.79. The number of benzene rings is 10. The van der Waals surface area contributed by atoms with E-state index in [2.05, 4.69) is 229 Å². The molecule has 0 saturated carbocycles. The smallest absolute Gasteiger partial charge is 0.143 e. The molecule has 0 N–H and O–H groups in total. The van der Waals surface area contributed by atoms with Crippen molar-refractivity contribution in [3.8, 4) is 44.5 Å². The average Bonchev–Trinajstić information content (AvgIpc) is 3.97. The molecule has 11 aromatic rings. The Hall–Kier alpha value is -7.94. The zero-order valence-corrected chi connectivity index (χ0v) is 33.2. The van der Waals surface area contributed by atoms with E-state index in [1.54, 1.807) is 0 Å². The van der Waals surface area contributed by atoms with Gasteiger partial charge < -0.3 is 9.32 Å². The molecule has 2 heteroatoms. The van der Waals surface area contributed by atoms with E-state index in [9.17, 15) is 0 Å². The fourth-order valence-corrected chi connectivity index (χ4v) is 10.7. The molecule has 2 nitrogen and oxygen atoms in total. The summed E-state index contributed by atoms with van der Waals surface area (Å²) in [6, 6.07) is 82.0. The predicted molar refractivity (Wildman–Crippen MR) is 253 cm³/mol. The second-order valence-electron chi connectivity index (χ2n) is 16.3. The first-order chi connectivity index (χ1) is 30.3. The summed E-state index contributed by atoms with van der Waals surface area (Å²) in [5, 5.41) is 4.56. The van der Waals surface area contributed by atoms with Gasteiger partial charge in [0.15, 0.2) is 0 Å². The summed E-state index contributed by atoms with van der Waals surface area (Å²) < 4.78 is 7.07. The van der Waals surface area contributed by atoms with Crippen LogP contribution in [-0.4, -0.2) is 0 Å². The van der Waals surface area contributed by atoms with Crippen LogP contribution in [0.2, 0.25) is 0 Å². The van der Waals surface area contributed by atoms with Crippen molar-refractivity contribution in [1.29, 1.82) is 0 Å². The molecule has 0 unspecified atom stereocenters. The lowest BCUT2D eigenvalue weighted by molar-refractivity contribution is 0.670. The fourth-order valence-electron chi connectivity index (χ4n) is 10.7. The van der Waals surface area contributed by atoms with E-state index in [1.165, 1.54) is 66.4 Å². The van der Waals surface area contributed by atoms with Gasteiger partial charge >= 0.3 is 0 Å². The molecule has 2 aliphatic carbocycles. The Morgan fingerprint density at radius 2 is 0.902 bits per heavy atom. The summed E-state index contributed by atoms with van der Waals surface area (Å²) in [4.78, 5) is 2.44. The molecule has 0 fully saturated rings. The molecular formula is C59H37NO. The van der Waals surface area contributed by atoms with Crippen LogP contribution >= 0.6 is 0 Å². The second kappa shape index (κ2) is 13.0. The standard InChI is InChI=1S/C59H37NO/c1-3-16-38(17-4-1)39-30-32-40(33-31-39)49-36-41-18-7-8-21-44(41)56-57-54(28-15-29-55(57)61-58(49)56)60(42-19-5-2-6-20-42)43-34-35-48-47-24-11-14-27-52(47)59(53(48)37-43)50-25-12-9-22-45(50)46-23-10-13-26-51(46)59/h1-37H. The van der Waals surface area contributed by atoms with E-state index in [4.69, 9.17) is 4.42 Å². The average molecular weight is 776 g/mol. The number of para-hydroxylation sites is 1. The molecule has 0 aliphatic heterocycles. The van der Waals surface area contributed by atoms with Crippen LogP contribution in [0, 0.1) is 0 Å². The largest absolute Gasteiger partial charge is 0.455 e. The molecule has 284 valence electrons. The normalized spacial score (nSPS) is 13.0. The molecule has 0 bridgehead atoms. The number of fused-ring (bicyclic) bond motifs is 15. The number of hydrogen-bond donors (Lipinski definition) is 0. The lowest BCUT2D eigenvalue weighted by Crippen LogP contribution is -2.26. The number of hydrogen-bond acceptors (Lipinski definition) is 2. The maximum Gasteiger partial charge on any atom is 0.143 e. The first kappa shape index (κ1) is 34.0. The molecule has 61 heavy (non-hydrogen) atoms. The Kier molecular flexibility index (Phi) is 7.26. The van der Waals surface area contributed by atoms with E-state index >= 15 is 0 Å². The molecule has 0 amide bonds. The molecule has 0 radical (unpaired) electrons. The van der Waals surface area contributed by atoms with Gasteiger partial charge in [0.25, 0.3) is 0 Å². The van der Waals surface area contributed by atoms with Crippen LogP contribution in [0.4, 0.5) is 17.1 Å². The molecule has 13 rings (SSSR count). The van der Waals surface area contributed by atoms with Gasteiger partial charge in [0, 0.05) is 22.3 Å². The number of nitrogens with zero attached hydrogens (tertiary/aromatic N) is 1. The molecule has 1 spiro atoms. The Morgan fingerprint density at radius 3 is 1.59 bits per heavy atom. The van der Waals surface area contributed by atoms with Crippen LogP contribution in [0.15, 0.2) is 229 Å². The maximum atomic E-state index is 7.07. The number of furan rings is 1. The van der Waals surface area contributed by atoms with Crippen molar-refractivity contribution >= 4 is 49.8 Å². The van der Waals surface area contributed by atoms with Crippen LogP contribution in [0.25, 0.3) is 77.2 Å². The Bertz CT molecular complexity index is 3460. The highest BCUT2D eigenvalue weighted by Gasteiger charge is 2.51. The van der Waals surface area contributed by atoms with Crippen LogP contribution in [0.1, 0.15) is 22.3 Å². The van der Waals surface area contributed by atoms with Gasteiger partial charge in [-0.05, 0) is 114 Å². The van der Waals surface area contributed by atoms with E-state index in [-0.39, 0.29) is 0 Å². The van der Waals surface area contributed by atoms with Gasteiger partial charge in [-0.3, -0.25) is 0 Å². The first-order valence-electron chi connectivity index (χ1n) is 21.1. The van der Waals surface area contributed by atoms with Gasteiger partial charge in [-0.2, -0.15) is 0 Å². The van der Waals surface area contributed by atoms with Crippen molar-refractivity contribution in [3.05, 3.63) is 247 Å². The second-order valence-corrected chi connectivity index (χ2v) is 16.3. The van der Waals surface area contributed by atoms with E-state index in [1.807, 2.05) is 0 Å². The monoisotopic (exact) mass is 775 g/mol. The van der Waals surface area contributed by atoms with E-state index in [0.717, 1.165) is 50.1 Å². The summed E-state index contributed by atoms with van der Waals surface area (Å²) in [6.07, 6.45) is 0. The summed E-state index contributed by atoms with van der Waals surface area (Å²) in [7, 11) is 0. The molecule has 0 saturated heterocycles. The van der Waals surface area contributed by atoms with Gasteiger partial charge in [0.2, 0.25) is 0 Å². The van der Waals surface area contributed by atoms with Gasteiger partial charge in [0.1, 0.15) is 11.2 Å². The van der Waals surface area contributed by atoms with Crippen molar-refractivity contribution < 1.29 is 4.42 Å². The fraction of sp³-hybridized carbons (Fsp3) is 0.0169. The highest BCUT2D eigenvalue weighted by molar-refractivity contribution is 6.26. The lowest BCUT2D eigenvalue weighted by Gasteiger charge is -2.32. The van der Waals surface area contributed by atoms with Crippen molar-refractivity contribution in [2.24, 2.45) is 0 Å². The topological polar surface area (TPSA) is 16.4 Å². The minimum Gasteiger partial charge on any atom is -0.455 e. The Labute approximate surface area is 354 Å². The third-order valence-corrected chi connectivity index (χ3v) is 13.3. The molecule has 2 aliphatic rings. The maximum absolute atomic E-state index is 7.07. The van der Waals surface area contributed by atoms with Crippen LogP contribution < -0.4 is 4.90 Å². The lowest BCUT2D eigenvalue weighted by atomic mass is 9.70. The Morgan fingerprint density at radius 1 is 0.344 bits per heavy atom. The highest BCUT2D eigenvalue weighted by atomic mass is 16.3. The summed E-state index contributed by atoms with van der Waals surface area (Å²) in [5.41, 5.74) is 19.6. The van der Waals surface area contributed by atoms with Crippen LogP contribution in [0.3, 0.4) is 0 Å². The summed E-state index contributed by atoms with van der Waals surface area (Å²) >= 11 is 0. The van der Waals surface area contributed by atoms with Gasteiger partial charge in [-0.1, -0.05) is 182 Å². The molecule has 10 aromatic carbocycles. The van der Waals surface area contributed by atoms with E-state index < -0.39 is 5.41 Å². The minimum atomic E-state index is -0.451. The number of anilines is 3. The zero-order valence-electron chi connectivity index (χ0n) is 33.2.